The van der Waals surface area contributed by atoms with E-state index in [2.05, 4.69) is 10.3 Å². The third-order valence-electron chi connectivity index (χ3n) is 3.75. The number of amides is 1. The first kappa shape index (κ1) is 15.9. The Bertz CT molecular complexity index is 574. The van der Waals surface area contributed by atoms with Crippen LogP contribution in [0, 0.1) is 5.92 Å². The number of sulfonamides is 1. The van der Waals surface area contributed by atoms with Gasteiger partial charge in [-0.25, -0.2) is 17.7 Å². The highest BCUT2D eigenvalue weighted by Crippen LogP contribution is 2.19. The Balaban J connectivity index is 1.90. The van der Waals surface area contributed by atoms with Crippen molar-refractivity contribution in [2.45, 2.75) is 26.3 Å². The van der Waals surface area contributed by atoms with E-state index in [1.807, 2.05) is 18.3 Å². The zero-order valence-corrected chi connectivity index (χ0v) is 13.0. The summed E-state index contributed by atoms with van der Waals surface area (Å²) in [5.74, 6) is -0.246. The first-order valence-corrected chi connectivity index (χ1v) is 8.84. The lowest BCUT2D eigenvalue weighted by Crippen LogP contribution is -2.45. The molecule has 0 spiro atoms. The van der Waals surface area contributed by atoms with Gasteiger partial charge < -0.3 is 5.32 Å². The average molecular weight is 312 g/mol. The molecule has 1 unspecified atom stereocenters. The molecule has 0 bridgehead atoms. The molecular weight excluding hydrogens is 290 g/mol. The molecule has 1 aliphatic rings. The van der Waals surface area contributed by atoms with Crippen LogP contribution in [0.1, 0.15) is 25.3 Å². The third-order valence-corrected chi connectivity index (χ3v) is 5.60. The molecule has 0 aliphatic carbocycles. The van der Waals surface area contributed by atoms with Crippen molar-refractivity contribution < 1.29 is 18.2 Å². The lowest BCUT2D eigenvalue weighted by molar-refractivity contribution is -0.378. The number of hydrogen-bond donors (Lipinski definition) is 1. The van der Waals surface area contributed by atoms with Crippen molar-refractivity contribution in [1.82, 2.24) is 9.62 Å². The minimum Gasteiger partial charge on any atom is -0.352 e. The Morgan fingerprint density at radius 1 is 1.52 bits per heavy atom. The molecule has 2 N–H and O–H groups in total. The molecule has 1 atom stereocenters. The first-order valence-electron chi connectivity index (χ1n) is 7.23. The summed E-state index contributed by atoms with van der Waals surface area (Å²) in [6.07, 6.45) is 5.11. The number of carbonyl (C=O) groups excluding carboxylic acids is 1. The zero-order chi connectivity index (χ0) is 15.3. The number of rotatable bonds is 5. The highest BCUT2D eigenvalue weighted by molar-refractivity contribution is 7.89. The molecule has 2 rings (SSSR count). The molecule has 1 fully saturated rings. The molecule has 0 saturated carbocycles. The molecule has 0 aromatic carbocycles. The molecule has 21 heavy (non-hydrogen) atoms. The minimum atomic E-state index is -3.21. The predicted octanol–water partition coefficient (Wildman–Crippen LogP) is 0.179. The number of piperidine rings is 1. The summed E-state index contributed by atoms with van der Waals surface area (Å²) in [5.41, 5.74) is 0.986. The van der Waals surface area contributed by atoms with Crippen LogP contribution >= 0.6 is 0 Å². The number of hydrogen-bond acceptors (Lipinski definition) is 3. The van der Waals surface area contributed by atoms with Crippen molar-refractivity contribution in [3.8, 4) is 0 Å². The van der Waals surface area contributed by atoms with Crippen molar-refractivity contribution in [3.05, 3.63) is 30.1 Å². The van der Waals surface area contributed by atoms with E-state index in [1.165, 1.54) is 4.31 Å². The lowest BCUT2D eigenvalue weighted by atomic mass is 9.99. The number of aromatic amines is 1. The molecule has 1 saturated heterocycles. The summed E-state index contributed by atoms with van der Waals surface area (Å²) >= 11 is 0. The zero-order valence-electron chi connectivity index (χ0n) is 12.2. The van der Waals surface area contributed by atoms with Gasteiger partial charge in [0.05, 0.1) is 11.7 Å². The number of H-pyrrole nitrogens is 1. The van der Waals surface area contributed by atoms with E-state index in [0.29, 0.717) is 19.6 Å². The largest absolute Gasteiger partial charge is 0.352 e. The average Bonchev–Trinajstić information content (AvgIpc) is 2.53. The van der Waals surface area contributed by atoms with Gasteiger partial charge in [-0.1, -0.05) is 0 Å². The normalized spacial score (nSPS) is 20.1. The Labute approximate surface area is 125 Å². The number of nitrogens with zero attached hydrogens (tertiary/aromatic N) is 1. The van der Waals surface area contributed by atoms with Crippen molar-refractivity contribution in [1.29, 1.82) is 0 Å². The maximum Gasteiger partial charge on any atom is 0.224 e. The molecule has 0 radical (unpaired) electrons. The van der Waals surface area contributed by atoms with Crippen molar-refractivity contribution in [2.75, 3.05) is 18.8 Å². The highest BCUT2D eigenvalue weighted by atomic mass is 32.2. The van der Waals surface area contributed by atoms with Gasteiger partial charge in [-0.2, -0.15) is 0 Å². The van der Waals surface area contributed by atoms with Gasteiger partial charge in [-0.15, -0.1) is 0 Å². The number of nitrogens with one attached hydrogen (secondary N) is 2. The Hall–Kier alpha value is -1.47. The fourth-order valence-electron chi connectivity index (χ4n) is 2.47. The van der Waals surface area contributed by atoms with E-state index in [0.717, 1.165) is 18.4 Å². The quantitative estimate of drug-likeness (QED) is 0.842. The van der Waals surface area contributed by atoms with Gasteiger partial charge in [0.15, 0.2) is 12.4 Å². The van der Waals surface area contributed by atoms with Gasteiger partial charge in [-0.05, 0) is 25.8 Å². The maximum absolute atomic E-state index is 12.2. The molecule has 2 heterocycles. The molecule has 1 aromatic heterocycles. The maximum atomic E-state index is 12.2. The molecule has 6 nitrogen and oxygen atoms in total. The summed E-state index contributed by atoms with van der Waals surface area (Å²) in [4.78, 5) is 15.1. The fraction of sp³-hybridized carbons (Fsp3) is 0.571. The van der Waals surface area contributed by atoms with Crippen molar-refractivity contribution in [2.24, 2.45) is 5.92 Å². The van der Waals surface area contributed by atoms with Crippen LogP contribution in [0.15, 0.2) is 24.5 Å². The molecule has 1 aromatic rings. The monoisotopic (exact) mass is 312 g/mol. The predicted molar refractivity (Wildman–Crippen MR) is 78.6 cm³/mol. The van der Waals surface area contributed by atoms with Crippen molar-refractivity contribution in [3.63, 3.8) is 0 Å². The summed E-state index contributed by atoms with van der Waals surface area (Å²) in [6, 6.07) is 3.79. The smallest absolute Gasteiger partial charge is 0.224 e. The van der Waals surface area contributed by atoms with Crippen LogP contribution in [-0.2, 0) is 21.4 Å². The second kappa shape index (κ2) is 7.00. The number of carbonyl (C=O) groups is 1. The topological polar surface area (TPSA) is 80.6 Å². The SMILES string of the molecule is CCS(=O)(=O)N1CCCC(C(=O)NCc2ccc[nH+]c2)C1. The van der Waals surface area contributed by atoms with Crippen LogP contribution < -0.4 is 10.3 Å². The number of aromatic nitrogens is 1. The van der Waals surface area contributed by atoms with Gasteiger partial charge in [0.1, 0.15) is 0 Å². The van der Waals surface area contributed by atoms with Crippen LogP contribution in [0.2, 0.25) is 0 Å². The summed E-state index contributed by atoms with van der Waals surface area (Å²) < 4.78 is 25.2. The van der Waals surface area contributed by atoms with Crippen LogP contribution in [0.25, 0.3) is 0 Å². The van der Waals surface area contributed by atoms with E-state index in [4.69, 9.17) is 0 Å². The van der Waals surface area contributed by atoms with Crippen LogP contribution in [-0.4, -0.2) is 37.5 Å². The highest BCUT2D eigenvalue weighted by Gasteiger charge is 2.31. The standard InChI is InChI=1S/C14H21N3O3S/c1-2-21(19,20)17-8-4-6-13(11-17)14(18)16-10-12-5-3-7-15-9-12/h3,5,7,9,13H,2,4,6,8,10-11H2,1H3,(H,16,18)/p+1. The molecule has 1 aliphatic heterocycles. The molecule has 7 heteroatoms. The number of pyridine rings is 1. The summed E-state index contributed by atoms with van der Waals surface area (Å²) in [5, 5.41) is 2.88. The van der Waals surface area contributed by atoms with Crippen LogP contribution in [0.5, 0.6) is 0 Å². The Morgan fingerprint density at radius 2 is 2.33 bits per heavy atom. The van der Waals surface area contributed by atoms with E-state index in [1.54, 1.807) is 13.1 Å². The van der Waals surface area contributed by atoms with E-state index in [9.17, 15) is 13.2 Å². The van der Waals surface area contributed by atoms with Gasteiger partial charge >= 0.3 is 0 Å². The first-order chi connectivity index (χ1) is 10.0. The van der Waals surface area contributed by atoms with Gasteiger partial charge in [0, 0.05) is 31.3 Å². The van der Waals surface area contributed by atoms with E-state index < -0.39 is 10.0 Å². The molecular formula is C14H22N3O3S+. The van der Waals surface area contributed by atoms with Gasteiger partial charge in [0.25, 0.3) is 0 Å². The second-order valence-electron chi connectivity index (χ2n) is 5.23. The minimum absolute atomic E-state index is 0.0742. The van der Waals surface area contributed by atoms with Crippen molar-refractivity contribution >= 4 is 15.9 Å². The van der Waals surface area contributed by atoms with Crippen LogP contribution in [0.4, 0.5) is 0 Å². The molecule has 1 amide bonds. The summed E-state index contributed by atoms with van der Waals surface area (Å²) in [6.45, 7) is 2.90. The third kappa shape index (κ3) is 4.25. The second-order valence-corrected chi connectivity index (χ2v) is 7.48. The Morgan fingerprint density at radius 3 is 3.00 bits per heavy atom. The van der Waals surface area contributed by atoms with E-state index in [-0.39, 0.29) is 17.6 Å². The Kier molecular flexibility index (Phi) is 5.30. The lowest BCUT2D eigenvalue weighted by Gasteiger charge is -2.30. The van der Waals surface area contributed by atoms with Gasteiger partial charge in [0.2, 0.25) is 15.9 Å². The fourth-order valence-corrected chi connectivity index (χ4v) is 3.65. The van der Waals surface area contributed by atoms with Gasteiger partial charge in [-0.3, -0.25) is 4.79 Å². The summed E-state index contributed by atoms with van der Waals surface area (Å²) in [7, 11) is -3.21. The van der Waals surface area contributed by atoms with Crippen LogP contribution in [0.3, 0.4) is 0 Å². The van der Waals surface area contributed by atoms with E-state index >= 15 is 0 Å². The molecule has 116 valence electrons.